The predicted molar refractivity (Wildman–Crippen MR) is 126 cm³/mol. The summed E-state index contributed by atoms with van der Waals surface area (Å²) in [7, 11) is 0. The van der Waals surface area contributed by atoms with Gasteiger partial charge in [-0.25, -0.2) is 9.97 Å². The monoisotopic (exact) mass is 445 g/mol. The van der Waals surface area contributed by atoms with Gasteiger partial charge < -0.3 is 14.8 Å². The smallest absolute Gasteiger partial charge is 0.220 e. The number of rotatable bonds is 12. The molecule has 0 radical (unpaired) electrons. The molecule has 1 aromatic heterocycles. The molecule has 0 aliphatic heterocycles. The number of aromatic nitrogens is 2. The highest BCUT2D eigenvalue weighted by molar-refractivity contribution is 7.98. The van der Waals surface area contributed by atoms with Gasteiger partial charge in [0.25, 0.3) is 0 Å². The highest BCUT2D eigenvalue weighted by Gasteiger charge is 2.15. The van der Waals surface area contributed by atoms with Gasteiger partial charge in [-0.3, -0.25) is 4.79 Å². The molecule has 2 aromatic rings. The van der Waals surface area contributed by atoms with Gasteiger partial charge in [0, 0.05) is 17.8 Å². The van der Waals surface area contributed by atoms with Crippen molar-refractivity contribution in [3.8, 4) is 11.5 Å². The number of hydrogen-bond acceptors (Lipinski definition) is 6. The Morgan fingerprint density at radius 1 is 1.06 bits per heavy atom. The van der Waals surface area contributed by atoms with Crippen LogP contribution in [0.25, 0.3) is 0 Å². The van der Waals surface area contributed by atoms with E-state index in [0.29, 0.717) is 26.1 Å². The second-order valence-electron chi connectivity index (χ2n) is 7.55. The lowest BCUT2D eigenvalue weighted by Gasteiger charge is -2.18. The zero-order valence-electron chi connectivity index (χ0n) is 19.6. The molecule has 0 saturated carbocycles. The highest BCUT2D eigenvalue weighted by atomic mass is 32.2. The van der Waals surface area contributed by atoms with Gasteiger partial charge in [-0.1, -0.05) is 31.7 Å². The Hall–Kier alpha value is -2.28. The van der Waals surface area contributed by atoms with Gasteiger partial charge in [-0.15, -0.1) is 0 Å². The third-order valence-electron chi connectivity index (χ3n) is 4.95. The number of aryl methyl sites for hydroxylation is 2. The summed E-state index contributed by atoms with van der Waals surface area (Å²) in [5.74, 6) is 1.48. The fourth-order valence-electron chi connectivity index (χ4n) is 3.25. The third kappa shape index (κ3) is 7.42. The molecule has 0 aliphatic rings. The zero-order chi connectivity index (χ0) is 22.8. The van der Waals surface area contributed by atoms with Crippen molar-refractivity contribution < 1.29 is 14.3 Å². The minimum atomic E-state index is -0.131. The average Bonchev–Trinajstić information content (AvgIpc) is 2.75. The van der Waals surface area contributed by atoms with E-state index in [0.717, 1.165) is 52.0 Å². The molecule has 0 bridgehead atoms. The Kier molecular flexibility index (Phi) is 10.1. The molecule has 1 N–H and O–H groups in total. The molecule has 6 nitrogen and oxygen atoms in total. The topological polar surface area (TPSA) is 73.3 Å². The zero-order valence-corrected chi connectivity index (χ0v) is 20.4. The molecular weight excluding hydrogens is 410 g/mol. The molecule has 0 aliphatic carbocycles. The number of ether oxygens (including phenoxy) is 2. The van der Waals surface area contributed by atoms with Crippen molar-refractivity contribution in [3.63, 3.8) is 0 Å². The van der Waals surface area contributed by atoms with Gasteiger partial charge in [0.1, 0.15) is 0 Å². The molecule has 170 valence electrons. The van der Waals surface area contributed by atoms with Crippen LogP contribution in [0.2, 0.25) is 0 Å². The lowest BCUT2D eigenvalue weighted by atomic mass is 10.0. The highest BCUT2D eigenvalue weighted by Crippen LogP contribution is 2.31. The maximum atomic E-state index is 12.6. The minimum Gasteiger partial charge on any atom is -0.490 e. The summed E-state index contributed by atoms with van der Waals surface area (Å²) in [5, 5.41) is 3.86. The predicted octanol–water partition coefficient (Wildman–Crippen LogP) is 5.20. The number of nitrogens with zero attached hydrogens (tertiary/aromatic N) is 2. The fraction of sp³-hybridized carbons (Fsp3) is 0.542. The van der Waals surface area contributed by atoms with Crippen molar-refractivity contribution in [3.05, 3.63) is 40.7 Å². The molecule has 1 unspecified atom stereocenters. The van der Waals surface area contributed by atoms with Gasteiger partial charge in [0.2, 0.25) is 5.91 Å². The van der Waals surface area contributed by atoms with Gasteiger partial charge >= 0.3 is 0 Å². The fourth-order valence-corrected chi connectivity index (χ4v) is 3.70. The number of benzene rings is 1. The van der Waals surface area contributed by atoms with Crippen LogP contribution in [0.1, 0.15) is 68.6 Å². The molecule has 1 atom stereocenters. The van der Waals surface area contributed by atoms with Crippen molar-refractivity contribution in [1.82, 2.24) is 15.3 Å². The Morgan fingerprint density at radius 2 is 1.68 bits per heavy atom. The molecule has 7 heteroatoms. The summed E-state index contributed by atoms with van der Waals surface area (Å²) in [5.41, 5.74) is 3.92. The Morgan fingerprint density at radius 3 is 2.26 bits per heavy atom. The van der Waals surface area contributed by atoms with Crippen molar-refractivity contribution in [2.24, 2.45) is 0 Å². The summed E-state index contributed by atoms with van der Waals surface area (Å²) in [6, 6.07) is 5.75. The van der Waals surface area contributed by atoms with Crippen LogP contribution in [0.5, 0.6) is 11.5 Å². The average molecular weight is 446 g/mol. The molecule has 0 saturated heterocycles. The van der Waals surface area contributed by atoms with Crippen LogP contribution >= 0.6 is 11.8 Å². The first-order valence-electron chi connectivity index (χ1n) is 11.0. The van der Waals surface area contributed by atoms with Crippen LogP contribution in [0.15, 0.2) is 23.4 Å². The molecule has 31 heavy (non-hydrogen) atoms. The molecule has 1 aromatic carbocycles. The quantitative estimate of drug-likeness (QED) is 0.357. The summed E-state index contributed by atoms with van der Waals surface area (Å²) < 4.78 is 11.7. The van der Waals surface area contributed by atoms with E-state index < -0.39 is 0 Å². The molecule has 0 fully saturated rings. The summed E-state index contributed by atoms with van der Waals surface area (Å²) in [6.07, 6.45) is 4.84. The SMILES string of the molecule is CCCOc1ccc(C(C)NC(=O)CCc2c(C)nc(SC)nc2C)cc1OCCC. The number of hydrogen-bond donors (Lipinski definition) is 1. The number of nitrogens with one attached hydrogen (secondary N) is 1. The van der Waals surface area contributed by atoms with E-state index in [2.05, 4.69) is 29.1 Å². The summed E-state index contributed by atoms with van der Waals surface area (Å²) in [6.45, 7) is 11.4. The number of carbonyl (C=O) groups excluding carboxylic acids is 1. The molecule has 2 rings (SSSR count). The van der Waals surface area contributed by atoms with E-state index in [9.17, 15) is 4.79 Å². The van der Waals surface area contributed by atoms with E-state index in [1.54, 1.807) is 0 Å². The molecular formula is C24H35N3O3S. The van der Waals surface area contributed by atoms with Crippen molar-refractivity contribution in [2.45, 2.75) is 71.5 Å². The second kappa shape index (κ2) is 12.5. The van der Waals surface area contributed by atoms with E-state index in [1.165, 1.54) is 11.8 Å². The normalized spacial score (nSPS) is 11.8. The van der Waals surface area contributed by atoms with Gasteiger partial charge in [0.15, 0.2) is 16.7 Å². The maximum absolute atomic E-state index is 12.6. The molecule has 1 amide bonds. The van der Waals surface area contributed by atoms with Crippen LogP contribution in [-0.4, -0.2) is 35.3 Å². The van der Waals surface area contributed by atoms with Crippen LogP contribution in [-0.2, 0) is 11.2 Å². The van der Waals surface area contributed by atoms with E-state index in [4.69, 9.17) is 9.47 Å². The Balaban J connectivity index is 2.02. The van der Waals surface area contributed by atoms with Gasteiger partial charge in [-0.2, -0.15) is 0 Å². The van der Waals surface area contributed by atoms with Crippen LogP contribution < -0.4 is 14.8 Å². The van der Waals surface area contributed by atoms with Crippen molar-refractivity contribution in [2.75, 3.05) is 19.5 Å². The Bertz CT molecular complexity index is 850. The first-order chi connectivity index (χ1) is 14.9. The second-order valence-corrected chi connectivity index (χ2v) is 8.33. The minimum absolute atomic E-state index is 0.00239. The van der Waals surface area contributed by atoms with Crippen LogP contribution in [0, 0.1) is 13.8 Å². The van der Waals surface area contributed by atoms with Crippen LogP contribution in [0.4, 0.5) is 0 Å². The lowest BCUT2D eigenvalue weighted by Crippen LogP contribution is -2.27. The molecule has 1 heterocycles. The third-order valence-corrected chi connectivity index (χ3v) is 5.50. The van der Waals surface area contributed by atoms with Gasteiger partial charge in [-0.05, 0) is 69.5 Å². The first-order valence-corrected chi connectivity index (χ1v) is 12.2. The maximum Gasteiger partial charge on any atom is 0.220 e. The van der Waals surface area contributed by atoms with Gasteiger partial charge in [0.05, 0.1) is 19.3 Å². The van der Waals surface area contributed by atoms with E-state index in [1.807, 2.05) is 45.2 Å². The standard InChI is InChI=1S/C24H35N3O3S/c1-7-13-29-21-11-9-19(15-22(21)30-14-8-2)16(3)25-23(28)12-10-20-17(4)26-24(31-6)27-18(20)5/h9,11,15-16H,7-8,10,12-14H2,1-6H3,(H,25,28). The summed E-state index contributed by atoms with van der Waals surface area (Å²) in [4.78, 5) is 21.6. The first kappa shape index (κ1) is 25.0. The van der Waals surface area contributed by atoms with E-state index >= 15 is 0 Å². The van der Waals surface area contributed by atoms with E-state index in [-0.39, 0.29) is 11.9 Å². The molecule has 0 spiro atoms. The van der Waals surface area contributed by atoms with Crippen molar-refractivity contribution >= 4 is 17.7 Å². The number of thioether (sulfide) groups is 1. The van der Waals surface area contributed by atoms with Crippen LogP contribution in [0.3, 0.4) is 0 Å². The summed E-state index contributed by atoms with van der Waals surface area (Å²) >= 11 is 1.53. The largest absolute Gasteiger partial charge is 0.490 e. The number of amides is 1. The number of carbonyl (C=O) groups is 1. The van der Waals surface area contributed by atoms with Crippen molar-refractivity contribution in [1.29, 1.82) is 0 Å². The lowest BCUT2D eigenvalue weighted by molar-refractivity contribution is -0.121. The Labute approximate surface area is 190 Å².